The van der Waals surface area contributed by atoms with Gasteiger partial charge in [-0.05, 0) is 55.9 Å². The van der Waals surface area contributed by atoms with E-state index in [4.69, 9.17) is 20.0 Å². The molecule has 7 rings (SSSR count). The van der Waals surface area contributed by atoms with Gasteiger partial charge < -0.3 is 10.1 Å². The third-order valence-corrected chi connectivity index (χ3v) is 9.14. The predicted octanol–water partition coefficient (Wildman–Crippen LogP) is 11.5. The van der Waals surface area contributed by atoms with Gasteiger partial charge in [-0.3, -0.25) is 9.98 Å². The van der Waals surface area contributed by atoms with Gasteiger partial charge in [0.25, 0.3) is 0 Å². The first-order valence-corrected chi connectivity index (χ1v) is 16.9. The Bertz CT molecular complexity index is 1660. The minimum Gasteiger partial charge on any atom is -0.685 e. The van der Waals surface area contributed by atoms with E-state index in [2.05, 4.69) is 76.2 Å². The fourth-order valence-corrected chi connectivity index (χ4v) is 7.12. The Balaban J connectivity index is 0.000000181. The zero-order valence-corrected chi connectivity index (χ0v) is 29.8. The third kappa shape index (κ3) is 8.23. The molecule has 4 aromatic rings. The summed E-state index contributed by atoms with van der Waals surface area (Å²) >= 11 is 0. The summed E-state index contributed by atoms with van der Waals surface area (Å²) in [6.07, 6.45) is 16.6. The molecular formula is C40H47IrN3O-2. The Labute approximate surface area is 283 Å². The van der Waals surface area contributed by atoms with E-state index in [1.807, 2.05) is 18.2 Å². The maximum absolute atomic E-state index is 6.24. The van der Waals surface area contributed by atoms with Gasteiger partial charge in [0.15, 0.2) is 0 Å². The summed E-state index contributed by atoms with van der Waals surface area (Å²) in [4.78, 5) is 9.80. The quantitative estimate of drug-likeness (QED) is 0.127. The number of pyridine rings is 1. The molecule has 1 radical (unpaired) electrons. The zero-order chi connectivity index (χ0) is 30.5. The van der Waals surface area contributed by atoms with E-state index >= 15 is 0 Å². The zero-order valence-electron chi connectivity index (χ0n) is 27.4. The van der Waals surface area contributed by atoms with Gasteiger partial charge in [-0.1, -0.05) is 113 Å². The van der Waals surface area contributed by atoms with Crippen molar-refractivity contribution >= 4 is 27.4 Å². The van der Waals surface area contributed by atoms with E-state index < -0.39 is 0 Å². The van der Waals surface area contributed by atoms with E-state index in [9.17, 15) is 0 Å². The van der Waals surface area contributed by atoms with E-state index in [1.165, 1.54) is 86.6 Å². The van der Waals surface area contributed by atoms with Crippen molar-refractivity contribution in [2.24, 2.45) is 10.9 Å². The van der Waals surface area contributed by atoms with Crippen LogP contribution in [-0.2, 0) is 26.5 Å². The molecule has 3 aromatic carbocycles. The van der Waals surface area contributed by atoms with Gasteiger partial charge in [0.2, 0.25) is 0 Å². The van der Waals surface area contributed by atoms with Crippen LogP contribution in [0.4, 0.5) is 0 Å². The molecule has 0 saturated heterocycles. The molecule has 0 spiro atoms. The first-order chi connectivity index (χ1) is 21.4. The molecule has 5 heteroatoms. The van der Waals surface area contributed by atoms with E-state index in [1.54, 1.807) is 0 Å². The minimum atomic E-state index is 0. The van der Waals surface area contributed by atoms with Crippen molar-refractivity contribution in [2.75, 3.05) is 0 Å². The smallest absolute Gasteiger partial charge is 0.111 e. The fourth-order valence-electron chi connectivity index (χ4n) is 7.12. The van der Waals surface area contributed by atoms with Gasteiger partial charge in [-0.2, -0.15) is 5.70 Å². The first-order valence-electron chi connectivity index (χ1n) is 16.9. The number of hydrogen-bond acceptors (Lipinski definition) is 3. The van der Waals surface area contributed by atoms with Gasteiger partial charge >= 0.3 is 0 Å². The summed E-state index contributed by atoms with van der Waals surface area (Å²) < 4.78 is 6.24. The van der Waals surface area contributed by atoms with Crippen LogP contribution >= 0.6 is 0 Å². The number of ether oxygens (including phenoxy) is 1. The number of rotatable bonds is 6. The summed E-state index contributed by atoms with van der Waals surface area (Å²) in [5.74, 6) is 2.32. The Hall–Kier alpha value is -3.01. The number of nitrogens with zero attached hydrogens (tertiary/aromatic N) is 3. The van der Waals surface area contributed by atoms with Crippen molar-refractivity contribution in [1.82, 2.24) is 4.98 Å². The summed E-state index contributed by atoms with van der Waals surface area (Å²) in [5.41, 5.74) is 6.61. The number of allylic oxidation sites excluding steroid dienone is 2. The topological polar surface area (TPSA) is 48.6 Å². The van der Waals surface area contributed by atoms with Crippen LogP contribution in [0.25, 0.3) is 38.2 Å². The van der Waals surface area contributed by atoms with Crippen LogP contribution in [0.3, 0.4) is 0 Å². The Kier molecular flexibility index (Phi) is 11.5. The molecule has 2 aliphatic carbocycles. The van der Waals surface area contributed by atoms with Gasteiger partial charge in [-0.15, -0.1) is 29.8 Å². The summed E-state index contributed by atoms with van der Waals surface area (Å²) in [6.45, 7) is 8.75. The second-order valence-electron chi connectivity index (χ2n) is 13.4. The molecule has 3 aliphatic rings. The second-order valence-corrected chi connectivity index (χ2v) is 13.4. The molecule has 0 unspecified atom stereocenters. The maximum atomic E-state index is 6.24. The average molecular weight is 778 g/mol. The van der Waals surface area contributed by atoms with Crippen LogP contribution < -0.4 is 4.74 Å². The van der Waals surface area contributed by atoms with Gasteiger partial charge in [0.1, 0.15) is 5.75 Å². The SMILES string of the molecule is CC(/C=C(/C)[N-]C1CCCCC1)=NC1CCCCC1.CC(C)Cc1cccc2nc3c(cc12)Oc1cccc2cc[c-]c-3c12.[Ir]. The molecule has 1 aliphatic heterocycles. The van der Waals surface area contributed by atoms with E-state index in [0.717, 1.165) is 45.5 Å². The van der Waals surface area contributed by atoms with Crippen molar-refractivity contribution in [3.63, 3.8) is 0 Å². The Morgan fingerprint density at radius 1 is 0.956 bits per heavy atom. The van der Waals surface area contributed by atoms with Gasteiger partial charge in [0.05, 0.1) is 17.3 Å². The molecule has 1 aromatic heterocycles. The van der Waals surface area contributed by atoms with Crippen molar-refractivity contribution in [1.29, 1.82) is 0 Å². The number of benzene rings is 3. The van der Waals surface area contributed by atoms with E-state index in [-0.39, 0.29) is 20.1 Å². The Morgan fingerprint density at radius 3 is 2.44 bits per heavy atom. The third-order valence-electron chi connectivity index (χ3n) is 9.14. The monoisotopic (exact) mass is 778 g/mol. The first kappa shape index (κ1) is 33.4. The predicted molar refractivity (Wildman–Crippen MR) is 186 cm³/mol. The number of fused-ring (bicyclic) bond motifs is 3. The molecule has 2 fully saturated rings. The summed E-state index contributed by atoms with van der Waals surface area (Å²) in [7, 11) is 0. The Morgan fingerprint density at radius 2 is 1.69 bits per heavy atom. The fraction of sp³-hybridized carbons (Fsp3) is 0.450. The molecule has 0 bridgehead atoms. The van der Waals surface area contributed by atoms with Crippen LogP contribution in [0.2, 0.25) is 0 Å². The minimum absolute atomic E-state index is 0. The molecule has 4 nitrogen and oxygen atoms in total. The van der Waals surface area contributed by atoms with Crippen LogP contribution in [-0.4, -0.2) is 22.8 Å². The van der Waals surface area contributed by atoms with E-state index in [0.29, 0.717) is 18.0 Å². The summed E-state index contributed by atoms with van der Waals surface area (Å²) in [6, 6.07) is 23.3. The number of aliphatic imine (C=N–C) groups is 1. The van der Waals surface area contributed by atoms with Crippen molar-refractivity contribution < 1.29 is 24.8 Å². The van der Waals surface area contributed by atoms with Crippen molar-refractivity contribution in [3.05, 3.63) is 83.3 Å². The number of aromatic nitrogens is 1. The molecule has 0 atom stereocenters. The molecule has 239 valence electrons. The molecular weight excluding hydrogens is 731 g/mol. The van der Waals surface area contributed by atoms with Crippen LogP contribution in [0.1, 0.15) is 97.5 Å². The molecule has 2 saturated carbocycles. The molecule has 0 N–H and O–H groups in total. The summed E-state index contributed by atoms with van der Waals surface area (Å²) in [5, 5.41) is 8.29. The molecule has 45 heavy (non-hydrogen) atoms. The van der Waals surface area contributed by atoms with Gasteiger partial charge in [0, 0.05) is 36.9 Å². The largest absolute Gasteiger partial charge is 0.685 e. The standard InChI is InChI=1S/C23H18NO.C17H29N2.Ir/c1-14(2)12-16-8-4-10-19-18(16)13-21-23(24-19)17-9-3-6-15-7-5-11-20(25-21)22(15)17;1-14(18-16-9-5-3-6-10-16)13-15(2)19-17-11-7-4-8-12-17;/h3-8,10-11,13-14H,12H2,1-2H3;13,16-17H,3-12H2,1-2H3;/q2*-1;/b;14-13-,19-15?;. The normalized spacial score (nSPS) is 17.3. The van der Waals surface area contributed by atoms with Crippen LogP contribution in [0.5, 0.6) is 11.5 Å². The van der Waals surface area contributed by atoms with Crippen molar-refractivity contribution in [3.8, 4) is 22.8 Å². The van der Waals surface area contributed by atoms with Crippen LogP contribution in [0, 0.1) is 12.0 Å². The number of hydrogen-bond donors (Lipinski definition) is 0. The maximum Gasteiger partial charge on any atom is 0.111 e. The molecule has 2 heterocycles. The van der Waals surface area contributed by atoms with Gasteiger partial charge in [-0.25, -0.2) is 0 Å². The van der Waals surface area contributed by atoms with Crippen molar-refractivity contribution in [2.45, 2.75) is 110 Å². The van der Waals surface area contributed by atoms with Crippen LogP contribution in [0.15, 0.2) is 71.4 Å². The molecule has 0 amide bonds. The second kappa shape index (κ2) is 15.5. The average Bonchev–Trinajstić information content (AvgIpc) is 3.02.